The van der Waals surface area contributed by atoms with E-state index in [1.165, 1.54) is 0 Å². The molecule has 75 valence electrons. The molecule has 0 saturated heterocycles. The Bertz CT molecular complexity index is 87.9. The van der Waals surface area contributed by atoms with Crippen LogP contribution in [-0.4, -0.2) is 21.1 Å². The SMILES string of the molecule is F[P-](F)(F)(F)(F)F.[CH3][SnH][CH3].[PH4+]. The first-order valence-electron chi connectivity index (χ1n) is 2.17. The van der Waals surface area contributed by atoms with Gasteiger partial charge >= 0.3 is 64.0 Å². The topological polar surface area (TPSA) is 0 Å². The Hall–Kier alpha value is 1.24. The molecule has 0 aliphatic rings. The largest absolute Gasteiger partial charge is 0.0395 e. The second kappa shape index (κ2) is 3.96. The van der Waals surface area contributed by atoms with Crippen LogP contribution >= 0.6 is 17.7 Å². The predicted molar refractivity (Wildman–Crippen MR) is 44.9 cm³/mol. The fourth-order valence-corrected chi connectivity index (χ4v) is 0. The van der Waals surface area contributed by atoms with Gasteiger partial charge in [0.2, 0.25) is 0 Å². The Kier molecular flexibility index (Phi) is 6.53. The average Bonchev–Trinajstić information content (AvgIpc) is 1.20. The van der Waals surface area contributed by atoms with Crippen LogP contribution in [0.25, 0.3) is 0 Å². The third-order valence-corrected chi connectivity index (χ3v) is 0. The van der Waals surface area contributed by atoms with Gasteiger partial charge < -0.3 is 0 Å². The quantitative estimate of drug-likeness (QED) is 0.361. The monoisotopic (exact) mass is 331 g/mol. The van der Waals surface area contributed by atoms with Crippen molar-refractivity contribution >= 4 is 38.8 Å². The van der Waals surface area contributed by atoms with Gasteiger partial charge in [0.15, 0.2) is 0 Å². The fraction of sp³-hybridized carbons (Fsp3) is 1.00. The van der Waals surface area contributed by atoms with Crippen molar-refractivity contribution < 1.29 is 25.2 Å². The maximum Gasteiger partial charge on any atom is -0.0395 e. The number of halogens is 6. The first kappa shape index (κ1) is 18.1. The van der Waals surface area contributed by atoms with Crippen LogP contribution in [0.4, 0.5) is 25.2 Å². The van der Waals surface area contributed by atoms with Crippen LogP contribution in [0.5, 0.6) is 0 Å². The van der Waals surface area contributed by atoms with E-state index in [1.807, 2.05) is 0 Å². The zero-order valence-corrected chi connectivity index (χ0v) is 12.5. The Morgan fingerprint density at radius 2 is 0.818 bits per heavy atom. The van der Waals surface area contributed by atoms with Gasteiger partial charge in [-0.05, 0) is 9.90 Å². The first-order valence-corrected chi connectivity index (χ1v) is 10.8. The van der Waals surface area contributed by atoms with Crippen LogP contribution in [0.15, 0.2) is 0 Å². The number of rotatable bonds is 0. The maximum absolute atomic E-state index is 10.7. The normalized spacial score (nSPS) is 16.4. The maximum atomic E-state index is 9.87. The zero-order chi connectivity index (χ0) is 9.12. The van der Waals surface area contributed by atoms with Gasteiger partial charge in [-0.1, -0.05) is 0 Å². The van der Waals surface area contributed by atoms with E-state index < -0.39 is 7.81 Å². The van der Waals surface area contributed by atoms with Crippen molar-refractivity contribution in [3.63, 3.8) is 0 Å². The van der Waals surface area contributed by atoms with Crippen LogP contribution in [-0.2, 0) is 0 Å². The van der Waals surface area contributed by atoms with Crippen LogP contribution in [0.1, 0.15) is 0 Å². The summed E-state index contributed by atoms with van der Waals surface area (Å²) < 4.78 is 59.2. The number of hydrogen-bond acceptors (Lipinski definition) is 0. The van der Waals surface area contributed by atoms with Crippen molar-refractivity contribution in [3.8, 4) is 0 Å². The Morgan fingerprint density at radius 1 is 0.818 bits per heavy atom. The van der Waals surface area contributed by atoms with Gasteiger partial charge in [-0.15, -0.1) is 0 Å². The minimum absolute atomic E-state index is 0. The van der Waals surface area contributed by atoms with E-state index in [4.69, 9.17) is 0 Å². The van der Waals surface area contributed by atoms with E-state index in [9.17, 15) is 25.2 Å². The minimum atomic E-state index is -10.7. The third kappa shape index (κ3) is 625. The summed E-state index contributed by atoms with van der Waals surface area (Å²) in [5, 5.41) is 0. The summed E-state index contributed by atoms with van der Waals surface area (Å²) in [6.07, 6.45) is 0. The van der Waals surface area contributed by atoms with Crippen molar-refractivity contribution in [2.45, 2.75) is 9.88 Å². The fourth-order valence-electron chi connectivity index (χ4n) is 0. The number of hydrogen-bond donors (Lipinski definition) is 0. The molecule has 0 rings (SSSR count). The van der Waals surface area contributed by atoms with Crippen molar-refractivity contribution in [3.05, 3.63) is 0 Å². The van der Waals surface area contributed by atoms with Crippen molar-refractivity contribution in [1.29, 1.82) is 0 Å². The van der Waals surface area contributed by atoms with Crippen molar-refractivity contribution in [2.24, 2.45) is 0 Å². The molecule has 9 heteroatoms. The summed E-state index contributed by atoms with van der Waals surface area (Å²) in [5.74, 6) is 0. The molecule has 11 heavy (non-hydrogen) atoms. The molecule has 0 heterocycles. The molecule has 0 aliphatic heterocycles. The molecule has 0 saturated carbocycles. The first-order chi connectivity index (χ1) is 3.86. The molecule has 0 bridgehead atoms. The minimum Gasteiger partial charge on any atom is -0.0395 e. The van der Waals surface area contributed by atoms with Gasteiger partial charge in [0.05, 0.1) is 0 Å². The summed E-state index contributed by atoms with van der Waals surface area (Å²) >= 11 is 0.110. The summed E-state index contributed by atoms with van der Waals surface area (Å²) in [4.78, 5) is 4.63. The van der Waals surface area contributed by atoms with Crippen molar-refractivity contribution in [2.75, 3.05) is 0 Å². The molecule has 0 N–H and O–H groups in total. The van der Waals surface area contributed by atoms with Gasteiger partial charge in [0, 0.05) is 0 Å². The molecule has 0 aromatic carbocycles. The second-order valence-electron chi connectivity index (χ2n) is 1.54. The molecule has 0 aromatic heterocycles. The molecular weight excluding hydrogens is 319 g/mol. The summed E-state index contributed by atoms with van der Waals surface area (Å²) in [6.45, 7) is 0. The molecule has 0 nitrogen and oxygen atoms in total. The molecule has 1 radical (unpaired) electrons. The van der Waals surface area contributed by atoms with Gasteiger partial charge in [-0.25, -0.2) is 0 Å². The van der Waals surface area contributed by atoms with E-state index in [0.29, 0.717) is 0 Å². The molecule has 0 spiro atoms. The van der Waals surface area contributed by atoms with Gasteiger partial charge in [0.25, 0.3) is 0 Å². The molecule has 1 unspecified atom stereocenters. The second-order valence-corrected chi connectivity index (χ2v) is 6.75. The summed E-state index contributed by atoms with van der Waals surface area (Å²) in [7, 11) is -10.7. The summed E-state index contributed by atoms with van der Waals surface area (Å²) in [5.41, 5.74) is 0. The van der Waals surface area contributed by atoms with Crippen LogP contribution in [0, 0.1) is 0 Å². The van der Waals surface area contributed by atoms with E-state index in [0.717, 1.165) is 0 Å². The van der Waals surface area contributed by atoms with Crippen LogP contribution in [0.3, 0.4) is 0 Å². The van der Waals surface area contributed by atoms with Crippen molar-refractivity contribution in [1.82, 2.24) is 0 Å². The van der Waals surface area contributed by atoms with Gasteiger partial charge in [-0.3, -0.25) is 0 Å². The molecule has 0 amide bonds. The molecule has 0 aliphatic carbocycles. The van der Waals surface area contributed by atoms with Gasteiger partial charge in [-0.2, -0.15) is 0 Å². The standard InChI is InChI=1S/2CH3.F6P.H3P.Sn.H/c;;1-7(2,3,4,5)6;;;/h2*1H3;;1H3;;/q;;-1;;;/p+1. The Labute approximate surface area is 74.2 Å². The molecule has 0 aromatic rings. The average molecular weight is 330 g/mol. The molecule has 1 atom stereocenters. The van der Waals surface area contributed by atoms with E-state index >= 15 is 0 Å². The zero-order valence-electron chi connectivity index (χ0n) is 6.29. The van der Waals surface area contributed by atoms with E-state index in [-0.39, 0.29) is 31.0 Å². The van der Waals surface area contributed by atoms with E-state index in [2.05, 4.69) is 9.88 Å². The summed E-state index contributed by atoms with van der Waals surface area (Å²) in [6, 6.07) is 0. The predicted octanol–water partition coefficient (Wildman–Crippen LogP) is 3.69. The van der Waals surface area contributed by atoms with Crippen LogP contribution < -0.4 is 0 Å². The molecular formula is C2H11F6P2Sn. The Morgan fingerprint density at radius 3 is 0.818 bits per heavy atom. The third-order valence-electron chi connectivity index (χ3n) is 0. The molecule has 0 fully saturated rings. The van der Waals surface area contributed by atoms with Crippen LogP contribution in [0.2, 0.25) is 9.88 Å². The van der Waals surface area contributed by atoms with E-state index in [1.54, 1.807) is 0 Å². The Balaban J connectivity index is -0.000000140. The van der Waals surface area contributed by atoms with Gasteiger partial charge in [0.1, 0.15) is 0 Å². The smallest absolute Gasteiger partial charge is 0.0395 e.